The number of rotatable bonds is 4. The van der Waals surface area contributed by atoms with Crippen LogP contribution in [0.25, 0.3) is 0 Å². The van der Waals surface area contributed by atoms with Gasteiger partial charge in [-0.05, 0) is 90.9 Å². The predicted octanol–water partition coefficient (Wildman–Crippen LogP) is 5.78. The second-order valence-corrected chi connectivity index (χ2v) is 13.5. The third-order valence-electron chi connectivity index (χ3n) is 7.31. The van der Waals surface area contributed by atoms with E-state index in [-0.39, 0.29) is 0 Å². The maximum atomic E-state index is 8.89. The minimum Gasteiger partial charge on any atom is -0.550 e. The van der Waals surface area contributed by atoms with Gasteiger partial charge < -0.3 is 9.90 Å². The molecule has 0 spiro atoms. The first kappa shape index (κ1) is 21.2. The van der Waals surface area contributed by atoms with E-state index in [0.29, 0.717) is 0 Å². The largest absolute Gasteiger partial charge is 0.550 e. The molecule has 0 aromatic heterocycles. The van der Waals surface area contributed by atoms with E-state index in [1.54, 1.807) is 83.2 Å². The Balaban J connectivity index is 0.000000511. The number of hydrogen-bond acceptors (Lipinski definition) is 2. The van der Waals surface area contributed by atoms with Crippen LogP contribution in [-0.2, 0) is 4.79 Å². The highest BCUT2D eigenvalue weighted by Gasteiger charge is 2.55. The molecule has 0 radical (unpaired) electrons. The summed E-state index contributed by atoms with van der Waals surface area (Å²) in [5.41, 5.74) is 3.59. The molecule has 0 atom stereocenters. The Kier molecular flexibility index (Phi) is 9.25. The summed E-state index contributed by atoms with van der Waals surface area (Å²) < 4.78 is 0. The lowest BCUT2D eigenvalue weighted by Gasteiger charge is -2.48. The standard InChI is InChI=1S/C20H38P.C2H4O2/c1-2-21(18-12-6-3-7-13-18,19-14-8-4-9-15-19)20-16-10-5-11-17-20;1-2(3)4/h18-20H,2-17H2,1H3;1H3,(H,3,4)/q+1;/p-1. The molecule has 0 aromatic rings. The lowest BCUT2D eigenvalue weighted by Crippen LogP contribution is -2.37. The molecule has 25 heavy (non-hydrogen) atoms. The van der Waals surface area contributed by atoms with Gasteiger partial charge in [0.1, 0.15) is 0 Å². The number of carboxylic acids is 1. The Morgan fingerprint density at radius 3 is 1.16 bits per heavy atom. The van der Waals surface area contributed by atoms with Crippen LogP contribution in [0.5, 0.6) is 0 Å². The van der Waals surface area contributed by atoms with Gasteiger partial charge in [0.15, 0.2) is 0 Å². The summed E-state index contributed by atoms with van der Waals surface area (Å²) in [6.45, 7) is 3.59. The molecule has 0 aromatic carbocycles. The van der Waals surface area contributed by atoms with Crippen molar-refractivity contribution in [3.63, 3.8) is 0 Å². The topological polar surface area (TPSA) is 40.1 Å². The summed E-state index contributed by atoms with van der Waals surface area (Å²) in [5.74, 6) is -1.08. The van der Waals surface area contributed by atoms with Crippen molar-refractivity contribution in [1.29, 1.82) is 0 Å². The van der Waals surface area contributed by atoms with Crippen molar-refractivity contribution >= 4 is 13.2 Å². The maximum absolute atomic E-state index is 8.89. The highest BCUT2D eigenvalue weighted by Crippen LogP contribution is 2.76. The third kappa shape index (κ3) is 5.69. The molecule has 0 bridgehead atoms. The van der Waals surface area contributed by atoms with Gasteiger partial charge >= 0.3 is 0 Å². The molecule has 3 fully saturated rings. The molecule has 0 saturated heterocycles. The Labute approximate surface area is 156 Å². The Hall–Kier alpha value is -0.100. The summed E-state index contributed by atoms with van der Waals surface area (Å²) in [6, 6.07) is 0. The molecule has 0 aliphatic heterocycles. The van der Waals surface area contributed by atoms with E-state index >= 15 is 0 Å². The summed E-state index contributed by atoms with van der Waals surface area (Å²) in [4.78, 5) is 8.89. The van der Waals surface area contributed by atoms with Crippen molar-refractivity contribution in [2.45, 2.75) is 127 Å². The van der Waals surface area contributed by atoms with Crippen LogP contribution in [0.4, 0.5) is 0 Å². The minimum absolute atomic E-state index is 0.703. The van der Waals surface area contributed by atoms with E-state index in [1.165, 1.54) is 36.2 Å². The van der Waals surface area contributed by atoms with Crippen molar-refractivity contribution in [1.82, 2.24) is 0 Å². The normalized spacial score (nSPS) is 24.4. The Morgan fingerprint density at radius 1 is 0.720 bits per heavy atom. The minimum atomic E-state index is -1.08. The molecule has 0 heterocycles. The second-order valence-electron chi connectivity index (χ2n) is 8.68. The second kappa shape index (κ2) is 10.9. The molecule has 146 valence electrons. The monoisotopic (exact) mass is 368 g/mol. The van der Waals surface area contributed by atoms with Crippen molar-refractivity contribution < 1.29 is 9.90 Å². The van der Waals surface area contributed by atoms with Crippen LogP contribution in [0.2, 0.25) is 0 Å². The first-order valence-corrected chi connectivity index (χ1v) is 13.3. The Bertz CT molecular complexity index is 328. The number of carboxylic acid groups (broad SMARTS) is 1. The molecule has 3 aliphatic carbocycles. The fraction of sp³-hybridized carbons (Fsp3) is 0.955. The van der Waals surface area contributed by atoms with Crippen LogP contribution in [0.1, 0.15) is 110 Å². The molecule has 3 rings (SSSR count). The zero-order chi connectivity index (χ0) is 18.1. The lowest BCUT2D eigenvalue weighted by atomic mass is 9.99. The SMILES string of the molecule is CC(=O)[O-].CC[P+](C1CCCCC1)(C1CCCCC1)C1CCCCC1. The van der Waals surface area contributed by atoms with E-state index in [0.717, 1.165) is 6.92 Å². The fourth-order valence-electron chi connectivity index (χ4n) is 6.35. The smallest absolute Gasteiger partial charge is 0.0703 e. The lowest BCUT2D eigenvalue weighted by molar-refractivity contribution is -0.302. The third-order valence-corrected chi connectivity index (χ3v) is 14.0. The first-order chi connectivity index (χ1) is 12.1. The van der Waals surface area contributed by atoms with Crippen LogP contribution in [0.15, 0.2) is 0 Å². The van der Waals surface area contributed by atoms with Crippen LogP contribution in [-0.4, -0.2) is 29.1 Å². The van der Waals surface area contributed by atoms with Gasteiger partial charge in [0, 0.05) is 13.2 Å². The fourth-order valence-corrected chi connectivity index (χ4v) is 13.7. The van der Waals surface area contributed by atoms with Gasteiger partial charge in [-0.3, -0.25) is 0 Å². The number of aliphatic carboxylic acids is 1. The van der Waals surface area contributed by atoms with Gasteiger partial charge in [0.05, 0.1) is 23.1 Å². The van der Waals surface area contributed by atoms with E-state index in [1.807, 2.05) is 0 Å². The number of carbonyl (C=O) groups is 1. The van der Waals surface area contributed by atoms with Crippen molar-refractivity contribution in [2.24, 2.45) is 0 Å². The first-order valence-electron chi connectivity index (χ1n) is 11.2. The molecule has 0 N–H and O–H groups in total. The van der Waals surface area contributed by atoms with Crippen molar-refractivity contribution in [3.05, 3.63) is 0 Å². The van der Waals surface area contributed by atoms with Gasteiger partial charge in [-0.2, -0.15) is 0 Å². The van der Waals surface area contributed by atoms with Gasteiger partial charge in [-0.15, -0.1) is 0 Å². The van der Waals surface area contributed by atoms with Crippen LogP contribution >= 0.6 is 7.26 Å². The molecular weight excluding hydrogens is 327 g/mol. The molecule has 0 unspecified atom stereocenters. The zero-order valence-corrected chi connectivity index (χ0v) is 17.7. The average molecular weight is 369 g/mol. The van der Waals surface area contributed by atoms with Crippen molar-refractivity contribution in [3.8, 4) is 0 Å². The maximum Gasteiger partial charge on any atom is 0.0703 e. The van der Waals surface area contributed by atoms with Gasteiger partial charge in [-0.1, -0.05) is 19.3 Å². The molecule has 3 saturated carbocycles. The average Bonchev–Trinajstić information content (AvgIpc) is 2.65. The number of hydrogen-bond donors (Lipinski definition) is 0. The molecule has 3 heteroatoms. The quantitative estimate of drug-likeness (QED) is 0.590. The van der Waals surface area contributed by atoms with E-state index in [4.69, 9.17) is 9.90 Å². The molecular formula is C22H41O2P. The van der Waals surface area contributed by atoms with Crippen molar-refractivity contribution in [2.75, 3.05) is 6.16 Å². The predicted molar refractivity (Wildman–Crippen MR) is 109 cm³/mol. The molecule has 2 nitrogen and oxygen atoms in total. The highest BCUT2D eigenvalue weighted by molar-refractivity contribution is 7.77. The number of carbonyl (C=O) groups excluding carboxylic acids is 1. The van der Waals surface area contributed by atoms with E-state index in [2.05, 4.69) is 6.92 Å². The van der Waals surface area contributed by atoms with Crippen LogP contribution < -0.4 is 5.11 Å². The summed E-state index contributed by atoms with van der Waals surface area (Å²) >= 11 is 0. The van der Waals surface area contributed by atoms with Gasteiger partial charge in [0.25, 0.3) is 0 Å². The highest BCUT2D eigenvalue weighted by atomic mass is 31.2. The van der Waals surface area contributed by atoms with Gasteiger partial charge in [-0.25, -0.2) is 0 Å². The molecule has 3 aliphatic rings. The van der Waals surface area contributed by atoms with Gasteiger partial charge in [0.2, 0.25) is 0 Å². The summed E-state index contributed by atoms with van der Waals surface area (Å²) in [6.07, 6.45) is 25.3. The van der Waals surface area contributed by atoms with Crippen LogP contribution in [0.3, 0.4) is 0 Å². The van der Waals surface area contributed by atoms with E-state index in [9.17, 15) is 0 Å². The summed E-state index contributed by atoms with van der Waals surface area (Å²) in [7, 11) is -0.703. The van der Waals surface area contributed by atoms with Crippen LogP contribution in [0, 0.1) is 0 Å². The Morgan fingerprint density at radius 2 is 0.960 bits per heavy atom. The van der Waals surface area contributed by atoms with E-state index < -0.39 is 13.2 Å². The summed E-state index contributed by atoms with van der Waals surface area (Å²) in [5, 5.41) is 8.89. The zero-order valence-electron chi connectivity index (χ0n) is 16.8. The molecule has 0 amide bonds.